The third-order valence-corrected chi connectivity index (χ3v) is 4.60. The first-order valence-electron chi connectivity index (χ1n) is 8.16. The minimum Gasteiger partial charge on any atom is -0.484 e. The number of benzene rings is 2. The van der Waals surface area contributed by atoms with Crippen LogP contribution < -0.4 is 10.1 Å². The molecule has 0 unspecified atom stereocenters. The summed E-state index contributed by atoms with van der Waals surface area (Å²) in [6.45, 7) is 8.12. The fourth-order valence-corrected chi connectivity index (χ4v) is 2.61. The highest BCUT2D eigenvalue weighted by Gasteiger charge is 2.14. The zero-order valence-corrected chi connectivity index (χ0v) is 15.4. The highest BCUT2D eigenvalue weighted by molar-refractivity contribution is 6.31. The summed E-state index contributed by atoms with van der Waals surface area (Å²) in [5, 5.41) is 3.72. The van der Waals surface area contributed by atoms with Crippen molar-refractivity contribution in [2.45, 2.75) is 40.2 Å². The number of ether oxygens (including phenoxy) is 1. The van der Waals surface area contributed by atoms with Crippen molar-refractivity contribution >= 4 is 17.5 Å². The van der Waals surface area contributed by atoms with Gasteiger partial charge in [-0.25, -0.2) is 0 Å². The Labute approximate surface area is 149 Å². The van der Waals surface area contributed by atoms with Crippen LogP contribution in [0, 0.1) is 20.8 Å². The van der Waals surface area contributed by atoms with Crippen molar-refractivity contribution in [1.82, 2.24) is 5.32 Å². The van der Waals surface area contributed by atoms with Gasteiger partial charge in [0.1, 0.15) is 5.75 Å². The lowest BCUT2D eigenvalue weighted by atomic mass is 9.99. The van der Waals surface area contributed by atoms with Crippen molar-refractivity contribution in [2.75, 3.05) is 6.61 Å². The quantitative estimate of drug-likeness (QED) is 0.807. The lowest BCUT2D eigenvalue weighted by Gasteiger charge is -2.19. The largest absolute Gasteiger partial charge is 0.484 e. The summed E-state index contributed by atoms with van der Waals surface area (Å²) in [7, 11) is 0. The molecule has 1 amide bonds. The van der Waals surface area contributed by atoms with E-state index in [9.17, 15) is 4.79 Å². The van der Waals surface area contributed by atoms with Crippen LogP contribution in [0.1, 0.15) is 41.6 Å². The third-order valence-electron chi connectivity index (χ3n) is 4.18. The summed E-state index contributed by atoms with van der Waals surface area (Å²) in [5.41, 5.74) is 4.53. The van der Waals surface area contributed by atoms with Gasteiger partial charge in [0.05, 0.1) is 6.04 Å². The van der Waals surface area contributed by atoms with Crippen LogP contribution in [0.15, 0.2) is 36.4 Å². The number of aryl methyl sites for hydroxylation is 3. The Morgan fingerprint density at radius 2 is 1.83 bits per heavy atom. The molecule has 0 aliphatic carbocycles. The van der Waals surface area contributed by atoms with E-state index in [1.807, 2.05) is 13.0 Å². The summed E-state index contributed by atoms with van der Waals surface area (Å²) >= 11 is 5.99. The highest BCUT2D eigenvalue weighted by atomic mass is 35.5. The van der Waals surface area contributed by atoms with Crippen LogP contribution in [-0.4, -0.2) is 12.5 Å². The molecule has 1 N–H and O–H groups in total. The molecule has 0 saturated heterocycles. The van der Waals surface area contributed by atoms with Gasteiger partial charge in [0, 0.05) is 5.02 Å². The van der Waals surface area contributed by atoms with Crippen LogP contribution in [0.4, 0.5) is 0 Å². The number of nitrogens with one attached hydrogen (secondary N) is 1. The predicted molar refractivity (Wildman–Crippen MR) is 98.8 cm³/mol. The summed E-state index contributed by atoms with van der Waals surface area (Å²) in [6, 6.07) is 11.7. The van der Waals surface area contributed by atoms with Crippen LogP contribution in [-0.2, 0) is 4.79 Å². The van der Waals surface area contributed by atoms with Crippen LogP contribution in [0.5, 0.6) is 5.75 Å². The predicted octanol–water partition coefficient (Wildman–Crippen LogP) is 4.91. The first kappa shape index (κ1) is 18.3. The number of hydrogen-bond acceptors (Lipinski definition) is 2. The molecule has 128 valence electrons. The van der Waals surface area contributed by atoms with Gasteiger partial charge in [0.25, 0.3) is 5.91 Å². The molecule has 24 heavy (non-hydrogen) atoms. The van der Waals surface area contributed by atoms with Gasteiger partial charge in [0.15, 0.2) is 6.61 Å². The minimum absolute atomic E-state index is 0.00708. The van der Waals surface area contributed by atoms with Gasteiger partial charge in [0.2, 0.25) is 0 Å². The van der Waals surface area contributed by atoms with Crippen LogP contribution >= 0.6 is 11.6 Å². The van der Waals surface area contributed by atoms with Gasteiger partial charge < -0.3 is 10.1 Å². The molecule has 0 saturated carbocycles. The fourth-order valence-electron chi connectivity index (χ4n) is 2.49. The van der Waals surface area contributed by atoms with Crippen molar-refractivity contribution in [3.8, 4) is 5.75 Å². The molecule has 0 radical (unpaired) electrons. The van der Waals surface area contributed by atoms with E-state index in [-0.39, 0.29) is 18.6 Å². The number of rotatable bonds is 6. The van der Waals surface area contributed by atoms with Crippen molar-refractivity contribution in [1.29, 1.82) is 0 Å². The fraction of sp³-hybridized carbons (Fsp3) is 0.350. The Morgan fingerprint density at radius 1 is 1.08 bits per heavy atom. The molecule has 4 heteroatoms. The smallest absolute Gasteiger partial charge is 0.258 e. The maximum atomic E-state index is 12.2. The Kier molecular flexibility index (Phi) is 6.27. The Morgan fingerprint density at radius 3 is 2.46 bits per heavy atom. The number of halogens is 1. The zero-order valence-electron chi connectivity index (χ0n) is 14.7. The molecule has 0 aliphatic heterocycles. The standard InChI is InChI=1S/C20H24ClNO2/c1-5-19(16-7-6-13(2)14(3)10-16)22-20(23)12-24-17-8-9-18(21)15(4)11-17/h6-11,19H,5,12H2,1-4H3,(H,22,23)/t19-/m0/s1. The van der Waals surface area contributed by atoms with Gasteiger partial charge in [-0.2, -0.15) is 0 Å². The summed E-state index contributed by atoms with van der Waals surface area (Å²) in [6.07, 6.45) is 0.828. The summed E-state index contributed by atoms with van der Waals surface area (Å²) < 4.78 is 5.56. The maximum Gasteiger partial charge on any atom is 0.258 e. The van der Waals surface area contributed by atoms with Crippen molar-refractivity contribution < 1.29 is 9.53 Å². The normalized spacial score (nSPS) is 11.9. The molecule has 2 aromatic carbocycles. The first-order valence-corrected chi connectivity index (χ1v) is 8.54. The zero-order chi connectivity index (χ0) is 17.7. The van der Waals surface area contributed by atoms with Gasteiger partial charge in [-0.3, -0.25) is 4.79 Å². The van der Waals surface area contributed by atoms with E-state index in [1.165, 1.54) is 11.1 Å². The van der Waals surface area contributed by atoms with Gasteiger partial charge >= 0.3 is 0 Å². The average molecular weight is 346 g/mol. The molecule has 0 aromatic heterocycles. The molecular formula is C20H24ClNO2. The minimum atomic E-state index is -0.132. The average Bonchev–Trinajstić information content (AvgIpc) is 2.56. The van der Waals surface area contributed by atoms with Gasteiger partial charge in [-0.1, -0.05) is 36.7 Å². The van der Waals surface area contributed by atoms with E-state index in [4.69, 9.17) is 16.3 Å². The monoisotopic (exact) mass is 345 g/mol. The molecule has 0 bridgehead atoms. The molecule has 0 spiro atoms. The van der Waals surface area contributed by atoms with Gasteiger partial charge in [-0.15, -0.1) is 0 Å². The van der Waals surface area contributed by atoms with Crippen molar-refractivity contribution in [2.24, 2.45) is 0 Å². The number of carbonyl (C=O) groups is 1. The molecule has 3 nitrogen and oxygen atoms in total. The lowest BCUT2D eigenvalue weighted by Crippen LogP contribution is -2.32. The SMILES string of the molecule is CC[C@H](NC(=O)COc1ccc(Cl)c(C)c1)c1ccc(C)c(C)c1. The van der Waals surface area contributed by atoms with Gasteiger partial charge in [-0.05, 0) is 67.6 Å². The van der Waals surface area contributed by atoms with E-state index in [0.29, 0.717) is 10.8 Å². The third kappa shape index (κ3) is 4.75. The second-order valence-electron chi connectivity index (χ2n) is 6.07. The second kappa shape index (κ2) is 8.20. The Hall–Kier alpha value is -2.00. The molecule has 0 heterocycles. The molecule has 1 atom stereocenters. The van der Waals surface area contributed by atoms with E-state index in [0.717, 1.165) is 17.5 Å². The number of carbonyl (C=O) groups excluding carboxylic acids is 1. The topological polar surface area (TPSA) is 38.3 Å². The molecule has 2 rings (SSSR count). The van der Waals surface area contributed by atoms with Crippen molar-refractivity contribution in [3.63, 3.8) is 0 Å². The first-order chi connectivity index (χ1) is 11.4. The van der Waals surface area contributed by atoms with Crippen LogP contribution in [0.3, 0.4) is 0 Å². The number of amides is 1. The van der Waals surface area contributed by atoms with E-state index < -0.39 is 0 Å². The van der Waals surface area contributed by atoms with E-state index in [1.54, 1.807) is 12.1 Å². The molecule has 0 aliphatic rings. The number of hydrogen-bond donors (Lipinski definition) is 1. The Balaban J connectivity index is 1.96. The summed E-state index contributed by atoms with van der Waals surface area (Å²) in [4.78, 5) is 12.2. The molecular weight excluding hydrogens is 322 g/mol. The molecule has 2 aromatic rings. The van der Waals surface area contributed by atoms with Crippen LogP contribution in [0.2, 0.25) is 5.02 Å². The Bertz CT molecular complexity index is 728. The van der Waals surface area contributed by atoms with E-state index >= 15 is 0 Å². The molecule has 0 fully saturated rings. The second-order valence-corrected chi connectivity index (χ2v) is 6.48. The highest BCUT2D eigenvalue weighted by Crippen LogP contribution is 2.22. The summed E-state index contributed by atoms with van der Waals surface area (Å²) in [5.74, 6) is 0.513. The lowest BCUT2D eigenvalue weighted by molar-refractivity contribution is -0.123. The van der Waals surface area contributed by atoms with E-state index in [2.05, 4.69) is 44.3 Å². The van der Waals surface area contributed by atoms with Crippen LogP contribution in [0.25, 0.3) is 0 Å². The maximum absolute atomic E-state index is 12.2. The van der Waals surface area contributed by atoms with Crippen molar-refractivity contribution in [3.05, 3.63) is 63.7 Å².